The number of hydrogen-bond acceptors (Lipinski definition) is 3. The lowest BCUT2D eigenvalue weighted by atomic mass is 10.0. The van der Waals surface area contributed by atoms with Crippen LogP contribution < -0.4 is 5.32 Å². The van der Waals surface area contributed by atoms with Crippen molar-refractivity contribution in [3.05, 3.63) is 40.6 Å². The minimum Gasteiger partial charge on any atom is -0.505 e. The van der Waals surface area contributed by atoms with Crippen LogP contribution in [0.15, 0.2) is 29.3 Å². The van der Waals surface area contributed by atoms with Gasteiger partial charge in [0.1, 0.15) is 0 Å². The van der Waals surface area contributed by atoms with Gasteiger partial charge >= 0.3 is 0 Å². The summed E-state index contributed by atoms with van der Waals surface area (Å²) in [7, 11) is 0. The van der Waals surface area contributed by atoms with Crippen LogP contribution in [-0.2, 0) is 0 Å². The molecule has 1 aliphatic rings. The third-order valence-corrected chi connectivity index (χ3v) is 3.87. The number of piperazine rings is 1. The summed E-state index contributed by atoms with van der Waals surface area (Å²) in [6, 6.07) is 2.68. The Kier molecular flexibility index (Phi) is 8.70. The fourth-order valence-electron chi connectivity index (χ4n) is 2.25. The predicted molar refractivity (Wildman–Crippen MR) is 87.6 cm³/mol. The first-order valence-electron chi connectivity index (χ1n) is 5.89. The van der Waals surface area contributed by atoms with E-state index < -0.39 is 5.82 Å². The van der Waals surface area contributed by atoms with Gasteiger partial charge in [-0.3, -0.25) is 4.90 Å². The fourth-order valence-corrected chi connectivity index (χ4v) is 2.80. The van der Waals surface area contributed by atoms with Gasteiger partial charge in [0.2, 0.25) is 0 Å². The second-order valence-corrected chi connectivity index (χ2v) is 5.11. The molecule has 1 atom stereocenters. The Labute approximate surface area is 139 Å². The van der Waals surface area contributed by atoms with Gasteiger partial charge in [-0.15, -0.1) is 31.4 Å². The molecule has 0 radical (unpaired) electrons. The number of aromatic hydroxyl groups is 1. The van der Waals surface area contributed by atoms with Crippen molar-refractivity contribution in [2.45, 2.75) is 6.04 Å². The first-order valence-corrected chi connectivity index (χ1v) is 6.68. The Hall–Kier alpha value is -0.330. The molecule has 1 fully saturated rings. The molecule has 0 aliphatic carbocycles. The zero-order valence-corrected chi connectivity index (χ0v) is 14.0. The first-order chi connectivity index (χ1) is 8.65. The van der Waals surface area contributed by atoms with Gasteiger partial charge in [-0.1, -0.05) is 22.0 Å². The Morgan fingerprint density at radius 3 is 2.50 bits per heavy atom. The molecule has 0 unspecified atom stereocenters. The number of hydrogen-bond donors (Lipinski definition) is 2. The topological polar surface area (TPSA) is 35.5 Å². The van der Waals surface area contributed by atoms with Crippen molar-refractivity contribution >= 4 is 40.7 Å². The van der Waals surface area contributed by atoms with Crippen LogP contribution in [-0.4, -0.2) is 36.2 Å². The maximum atomic E-state index is 13.5. The number of phenols is 1. The molecule has 0 bridgehead atoms. The molecule has 1 saturated heterocycles. The summed E-state index contributed by atoms with van der Waals surface area (Å²) in [6.07, 6.45) is 1.74. The maximum Gasteiger partial charge on any atom is 0.165 e. The third-order valence-electron chi connectivity index (χ3n) is 3.18. The van der Waals surface area contributed by atoms with Crippen LogP contribution in [0.5, 0.6) is 5.75 Å². The van der Waals surface area contributed by atoms with Gasteiger partial charge < -0.3 is 10.4 Å². The lowest BCUT2D eigenvalue weighted by Crippen LogP contribution is -2.44. The lowest BCUT2D eigenvalue weighted by Gasteiger charge is -2.34. The summed E-state index contributed by atoms with van der Waals surface area (Å²) in [5.41, 5.74) is 0.548. The Balaban J connectivity index is 0.00000180. The van der Waals surface area contributed by atoms with E-state index >= 15 is 0 Å². The zero-order valence-electron chi connectivity index (χ0n) is 10.8. The summed E-state index contributed by atoms with van der Waals surface area (Å²) < 4.78 is 14.2. The quantitative estimate of drug-likeness (QED) is 0.781. The van der Waals surface area contributed by atoms with E-state index in [-0.39, 0.29) is 36.6 Å². The van der Waals surface area contributed by atoms with Gasteiger partial charge in [-0.25, -0.2) is 4.39 Å². The molecule has 0 spiro atoms. The Bertz CT molecular complexity index is 456. The SMILES string of the molecule is C=C[C@H](c1c(Br)ccc(F)c1O)N1CCNCC1.Cl.Cl. The highest BCUT2D eigenvalue weighted by atomic mass is 79.9. The molecule has 114 valence electrons. The van der Waals surface area contributed by atoms with Crippen molar-refractivity contribution in [1.82, 2.24) is 10.2 Å². The number of nitrogens with zero attached hydrogens (tertiary/aromatic N) is 1. The van der Waals surface area contributed by atoms with Crippen molar-refractivity contribution in [3.63, 3.8) is 0 Å². The van der Waals surface area contributed by atoms with E-state index in [4.69, 9.17) is 0 Å². The second-order valence-electron chi connectivity index (χ2n) is 4.26. The van der Waals surface area contributed by atoms with Crippen LogP contribution in [0.2, 0.25) is 0 Å². The summed E-state index contributed by atoms with van der Waals surface area (Å²) >= 11 is 3.37. The maximum absolute atomic E-state index is 13.5. The molecule has 1 aromatic rings. The molecule has 0 saturated carbocycles. The van der Waals surface area contributed by atoms with Crippen molar-refractivity contribution in [2.75, 3.05) is 26.2 Å². The van der Waals surface area contributed by atoms with Gasteiger partial charge in [0.25, 0.3) is 0 Å². The fraction of sp³-hybridized carbons (Fsp3) is 0.385. The van der Waals surface area contributed by atoms with E-state index in [9.17, 15) is 9.50 Å². The van der Waals surface area contributed by atoms with Gasteiger partial charge in [0.05, 0.1) is 6.04 Å². The minimum atomic E-state index is -0.602. The zero-order chi connectivity index (χ0) is 13.1. The molecule has 3 nitrogen and oxygen atoms in total. The molecule has 2 rings (SSSR count). The molecule has 20 heavy (non-hydrogen) atoms. The molecule has 7 heteroatoms. The van der Waals surface area contributed by atoms with E-state index in [1.807, 2.05) is 0 Å². The Morgan fingerprint density at radius 2 is 1.95 bits per heavy atom. The number of phenolic OH excluding ortho intramolecular Hbond substituents is 1. The molecule has 2 N–H and O–H groups in total. The largest absolute Gasteiger partial charge is 0.505 e. The minimum absolute atomic E-state index is 0. The van der Waals surface area contributed by atoms with Gasteiger partial charge in [-0.05, 0) is 12.1 Å². The standard InChI is InChI=1S/C13H16BrFN2O.2ClH/c1-2-11(17-7-5-16-6-8-17)12-9(14)3-4-10(15)13(12)18;;/h2-4,11,16,18H,1,5-8H2;2*1H/t11-;;/m1../s1. The number of nitrogens with one attached hydrogen (secondary N) is 1. The molecular formula is C13H18BrCl2FN2O. The molecule has 1 aromatic carbocycles. The smallest absolute Gasteiger partial charge is 0.165 e. The van der Waals surface area contributed by atoms with Crippen molar-refractivity contribution in [3.8, 4) is 5.75 Å². The number of benzene rings is 1. The van der Waals surface area contributed by atoms with Crippen LogP contribution in [0.25, 0.3) is 0 Å². The molecule has 1 aliphatic heterocycles. The van der Waals surface area contributed by atoms with E-state index in [1.54, 1.807) is 12.1 Å². The predicted octanol–water partition coefficient (Wildman–Crippen LogP) is 3.27. The summed E-state index contributed by atoms with van der Waals surface area (Å²) in [5.74, 6) is -0.900. The number of halogens is 4. The lowest BCUT2D eigenvalue weighted by molar-refractivity contribution is 0.199. The highest BCUT2D eigenvalue weighted by Crippen LogP contribution is 2.37. The number of rotatable bonds is 3. The van der Waals surface area contributed by atoms with E-state index in [0.29, 0.717) is 10.0 Å². The van der Waals surface area contributed by atoms with Crippen LogP contribution in [0, 0.1) is 5.82 Å². The summed E-state index contributed by atoms with van der Waals surface area (Å²) in [6.45, 7) is 7.27. The first kappa shape index (κ1) is 19.7. The van der Waals surface area contributed by atoms with Crippen LogP contribution in [0.3, 0.4) is 0 Å². The van der Waals surface area contributed by atoms with Gasteiger partial charge in [-0.2, -0.15) is 0 Å². The van der Waals surface area contributed by atoms with Crippen LogP contribution >= 0.6 is 40.7 Å². The average Bonchev–Trinajstić information content (AvgIpc) is 2.40. The van der Waals surface area contributed by atoms with E-state index in [1.165, 1.54) is 6.07 Å². The highest BCUT2D eigenvalue weighted by Gasteiger charge is 2.25. The van der Waals surface area contributed by atoms with Crippen LogP contribution in [0.1, 0.15) is 11.6 Å². The average molecular weight is 388 g/mol. The van der Waals surface area contributed by atoms with E-state index in [2.05, 4.69) is 32.7 Å². The van der Waals surface area contributed by atoms with Gasteiger partial charge in [0, 0.05) is 36.2 Å². The van der Waals surface area contributed by atoms with Gasteiger partial charge in [0.15, 0.2) is 11.6 Å². The summed E-state index contributed by atoms with van der Waals surface area (Å²) in [4.78, 5) is 2.17. The summed E-state index contributed by atoms with van der Waals surface area (Å²) in [5, 5.41) is 13.2. The normalized spacial score (nSPS) is 16.7. The third kappa shape index (κ3) is 4.09. The molecule has 0 aromatic heterocycles. The molecular weight excluding hydrogens is 370 g/mol. The van der Waals surface area contributed by atoms with Crippen LogP contribution in [0.4, 0.5) is 4.39 Å². The second kappa shape index (κ2) is 8.85. The molecule has 0 amide bonds. The monoisotopic (exact) mass is 386 g/mol. The molecule has 1 heterocycles. The van der Waals surface area contributed by atoms with Crippen molar-refractivity contribution in [1.29, 1.82) is 0 Å². The highest BCUT2D eigenvalue weighted by molar-refractivity contribution is 9.10. The van der Waals surface area contributed by atoms with Crippen molar-refractivity contribution < 1.29 is 9.50 Å². The Morgan fingerprint density at radius 1 is 1.35 bits per heavy atom. The van der Waals surface area contributed by atoms with E-state index in [0.717, 1.165) is 26.2 Å². The van der Waals surface area contributed by atoms with Crippen molar-refractivity contribution in [2.24, 2.45) is 0 Å².